The summed E-state index contributed by atoms with van der Waals surface area (Å²) >= 11 is 0. The highest BCUT2D eigenvalue weighted by molar-refractivity contribution is 6.01. The molecule has 1 atom stereocenters. The van der Waals surface area contributed by atoms with Crippen LogP contribution < -0.4 is 10.1 Å². The van der Waals surface area contributed by atoms with Crippen LogP contribution in [0.1, 0.15) is 59.3 Å². The molecule has 11 heteroatoms. The monoisotopic (exact) mass is 492 g/mol. The van der Waals surface area contributed by atoms with Crippen LogP contribution in [-0.4, -0.2) is 52.7 Å². The largest absolute Gasteiger partial charge is 0.477 e. The van der Waals surface area contributed by atoms with E-state index in [2.05, 4.69) is 15.3 Å². The third-order valence-corrected chi connectivity index (χ3v) is 6.33. The molecule has 1 N–H and O–H groups in total. The second kappa shape index (κ2) is 10.2. The predicted molar refractivity (Wildman–Crippen MR) is 120 cm³/mol. The molecule has 1 unspecified atom stereocenters. The fourth-order valence-corrected chi connectivity index (χ4v) is 4.26. The number of carbonyl (C=O) groups excluding carboxylic acids is 2. The summed E-state index contributed by atoms with van der Waals surface area (Å²) in [6.45, 7) is 4.37. The minimum atomic E-state index is -4.30. The van der Waals surface area contributed by atoms with E-state index in [1.54, 1.807) is 24.0 Å². The maximum absolute atomic E-state index is 13.2. The summed E-state index contributed by atoms with van der Waals surface area (Å²) in [5, 5.41) is 2.89. The maximum atomic E-state index is 13.2. The van der Waals surface area contributed by atoms with Gasteiger partial charge in [-0.05, 0) is 44.4 Å². The fourth-order valence-electron chi connectivity index (χ4n) is 4.26. The Kier molecular flexibility index (Phi) is 7.25. The average molecular weight is 492 g/mol. The number of halogens is 3. The molecule has 0 radical (unpaired) electrons. The van der Waals surface area contributed by atoms with E-state index in [1.807, 2.05) is 6.92 Å². The molecule has 0 saturated carbocycles. The third-order valence-electron chi connectivity index (χ3n) is 6.33. The van der Waals surface area contributed by atoms with Crippen molar-refractivity contribution in [3.05, 3.63) is 46.8 Å². The number of fused-ring (bicyclic) bond motifs is 1. The molecule has 35 heavy (non-hydrogen) atoms. The van der Waals surface area contributed by atoms with Crippen LogP contribution >= 0.6 is 0 Å². The summed E-state index contributed by atoms with van der Waals surface area (Å²) in [7, 11) is 0. The number of hydrogen-bond acceptors (Lipinski definition) is 6. The van der Waals surface area contributed by atoms with E-state index in [0.29, 0.717) is 54.1 Å². The van der Waals surface area contributed by atoms with Crippen molar-refractivity contribution in [3.63, 3.8) is 0 Å². The number of ether oxygens (including phenoxy) is 2. The molecule has 0 aromatic carbocycles. The molecule has 2 aromatic rings. The number of aryl methyl sites for hydroxylation is 1. The Hall–Kier alpha value is -3.21. The number of pyridine rings is 2. The molecule has 8 nitrogen and oxygen atoms in total. The van der Waals surface area contributed by atoms with Gasteiger partial charge in [-0.15, -0.1) is 0 Å². The molecule has 2 aliphatic rings. The quantitative estimate of drug-likeness (QED) is 0.623. The molecule has 4 rings (SSSR count). The molecular weight excluding hydrogens is 465 g/mol. The first kappa shape index (κ1) is 24.9. The smallest absolute Gasteiger partial charge is 0.392 e. The van der Waals surface area contributed by atoms with E-state index in [0.717, 1.165) is 0 Å². The van der Waals surface area contributed by atoms with Crippen molar-refractivity contribution >= 4 is 17.6 Å². The standard InChI is InChI=1S/C24H27F3N4O4/c1-14-11-17(12-29-22(14)35-10-6-24(25,26)27)15(2)31-13-19-18(23(31)33)3-7-28-20(19)30-21(32)16-4-8-34-9-5-16/h3,7,11-12,15-16H,4-6,8-10,13H2,1-2H3,(H,28,30,32). The van der Waals surface area contributed by atoms with Crippen LogP contribution in [0.2, 0.25) is 0 Å². The highest BCUT2D eigenvalue weighted by Crippen LogP contribution is 2.35. The number of rotatable bonds is 7. The van der Waals surface area contributed by atoms with Gasteiger partial charge in [0.05, 0.1) is 25.6 Å². The number of carbonyl (C=O) groups is 2. The average Bonchev–Trinajstić information content (AvgIpc) is 3.17. The van der Waals surface area contributed by atoms with Crippen LogP contribution in [0, 0.1) is 12.8 Å². The first-order chi connectivity index (χ1) is 16.6. The predicted octanol–water partition coefficient (Wildman–Crippen LogP) is 4.20. The Morgan fingerprint density at radius 1 is 1.31 bits per heavy atom. The van der Waals surface area contributed by atoms with Crippen LogP contribution in [-0.2, 0) is 16.1 Å². The Labute approximate surface area is 200 Å². The summed E-state index contributed by atoms with van der Waals surface area (Å²) in [5.74, 6) is 0.0291. The maximum Gasteiger partial charge on any atom is 0.392 e. The van der Waals surface area contributed by atoms with E-state index in [-0.39, 0.29) is 36.2 Å². The zero-order chi connectivity index (χ0) is 25.2. The molecule has 1 fully saturated rings. The summed E-state index contributed by atoms with van der Waals surface area (Å²) in [6.07, 6.45) is -1.07. The SMILES string of the molecule is Cc1cc(C(C)N2Cc3c(ccnc3NC(=O)C3CCOCC3)C2=O)cnc1OCCC(F)(F)F. The first-order valence-electron chi connectivity index (χ1n) is 11.5. The van der Waals surface area contributed by atoms with Gasteiger partial charge in [-0.3, -0.25) is 9.59 Å². The van der Waals surface area contributed by atoms with Gasteiger partial charge in [0, 0.05) is 48.2 Å². The van der Waals surface area contributed by atoms with Gasteiger partial charge >= 0.3 is 6.18 Å². The number of amides is 2. The molecule has 4 heterocycles. The van der Waals surface area contributed by atoms with E-state index in [1.165, 1.54) is 12.4 Å². The molecule has 188 valence electrons. The van der Waals surface area contributed by atoms with Crippen molar-refractivity contribution in [3.8, 4) is 5.88 Å². The highest BCUT2D eigenvalue weighted by atomic mass is 19.4. The lowest BCUT2D eigenvalue weighted by molar-refractivity contribution is -0.139. The van der Waals surface area contributed by atoms with Crippen molar-refractivity contribution in [2.45, 2.75) is 51.9 Å². The van der Waals surface area contributed by atoms with Crippen LogP contribution in [0.15, 0.2) is 24.5 Å². The summed E-state index contributed by atoms with van der Waals surface area (Å²) in [5.41, 5.74) is 2.42. The van der Waals surface area contributed by atoms with Crippen molar-refractivity contribution in [1.29, 1.82) is 0 Å². The van der Waals surface area contributed by atoms with Crippen molar-refractivity contribution < 1.29 is 32.2 Å². The second-order valence-electron chi connectivity index (χ2n) is 8.77. The number of alkyl halides is 3. The minimum absolute atomic E-state index is 0.128. The number of nitrogens with zero attached hydrogens (tertiary/aromatic N) is 3. The molecule has 2 aliphatic heterocycles. The van der Waals surface area contributed by atoms with Crippen LogP contribution in [0.3, 0.4) is 0 Å². The Balaban J connectivity index is 1.45. The molecule has 2 aromatic heterocycles. The lowest BCUT2D eigenvalue weighted by Crippen LogP contribution is -2.29. The van der Waals surface area contributed by atoms with Gasteiger partial charge in [-0.25, -0.2) is 9.97 Å². The van der Waals surface area contributed by atoms with E-state index >= 15 is 0 Å². The molecular formula is C24H27F3N4O4. The van der Waals surface area contributed by atoms with Crippen molar-refractivity contribution in [1.82, 2.24) is 14.9 Å². The van der Waals surface area contributed by atoms with Crippen LogP contribution in [0.4, 0.5) is 19.0 Å². The Bertz CT molecular complexity index is 1100. The van der Waals surface area contributed by atoms with E-state index in [9.17, 15) is 22.8 Å². The number of nitrogens with one attached hydrogen (secondary N) is 1. The number of anilines is 1. The van der Waals surface area contributed by atoms with Crippen LogP contribution in [0.5, 0.6) is 5.88 Å². The zero-order valence-electron chi connectivity index (χ0n) is 19.5. The molecule has 0 bridgehead atoms. The molecule has 0 spiro atoms. The second-order valence-corrected chi connectivity index (χ2v) is 8.77. The Morgan fingerprint density at radius 3 is 2.74 bits per heavy atom. The normalized spacial score (nSPS) is 17.3. The number of aromatic nitrogens is 2. The van der Waals surface area contributed by atoms with Crippen molar-refractivity contribution in [2.75, 3.05) is 25.1 Å². The van der Waals surface area contributed by atoms with Gasteiger partial charge in [-0.1, -0.05) is 0 Å². The molecule has 1 saturated heterocycles. The van der Waals surface area contributed by atoms with Gasteiger partial charge in [0.15, 0.2) is 0 Å². The Morgan fingerprint density at radius 2 is 2.06 bits per heavy atom. The third kappa shape index (κ3) is 5.72. The van der Waals surface area contributed by atoms with Gasteiger partial charge in [-0.2, -0.15) is 13.2 Å². The van der Waals surface area contributed by atoms with Gasteiger partial charge in [0.25, 0.3) is 5.91 Å². The van der Waals surface area contributed by atoms with Gasteiger partial charge < -0.3 is 19.7 Å². The van der Waals surface area contributed by atoms with Crippen LogP contribution in [0.25, 0.3) is 0 Å². The molecule has 0 aliphatic carbocycles. The summed E-state index contributed by atoms with van der Waals surface area (Å²) < 4.78 is 47.6. The van der Waals surface area contributed by atoms with E-state index in [4.69, 9.17) is 9.47 Å². The minimum Gasteiger partial charge on any atom is -0.477 e. The number of hydrogen-bond donors (Lipinski definition) is 1. The van der Waals surface area contributed by atoms with Gasteiger partial charge in [0.1, 0.15) is 5.82 Å². The lowest BCUT2D eigenvalue weighted by Gasteiger charge is -2.25. The lowest BCUT2D eigenvalue weighted by atomic mass is 9.99. The summed E-state index contributed by atoms with van der Waals surface area (Å²) in [6, 6.07) is 3.02. The fraction of sp³-hybridized carbons (Fsp3) is 0.500. The van der Waals surface area contributed by atoms with E-state index < -0.39 is 19.2 Å². The van der Waals surface area contributed by atoms with Crippen molar-refractivity contribution in [2.24, 2.45) is 5.92 Å². The summed E-state index contributed by atoms with van der Waals surface area (Å²) in [4.78, 5) is 36.0. The first-order valence-corrected chi connectivity index (χ1v) is 11.5. The highest BCUT2D eigenvalue weighted by Gasteiger charge is 2.35. The molecule has 2 amide bonds. The topological polar surface area (TPSA) is 93.7 Å². The zero-order valence-corrected chi connectivity index (χ0v) is 19.5. The van der Waals surface area contributed by atoms with Gasteiger partial charge in [0.2, 0.25) is 11.8 Å².